The van der Waals surface area contributed by atoms with Gasteiger partial charge in [-0.2, -0.15) is 0 Å². The van der Waals surface area contributed by atoms with Crippen LogP contribution in [-0.4, -0.2) is 96.7 Å². The summed E-state index contributed by atoms with van der Waals surface area (Å²) in [6.45, 7) is 4.60. The molecular weight excluding hydrogens is 1330 g/mol. The van der Waals surface area contributed by atoms with Crippen molar-refractivity contribution in [3.8, 4) is 0 Å². The molecule has 0 saturated heterocycles. The van der Waals surface area contributed by atoms with Gasteiger partial charge in [-0.15, -0.1) is 0 Å². The molecule has 0 heterocycles. The molecule has 0 aliphatic carbocycles. The van der Waals surface area contributed by atoms with Gasteiger partial charge in [0.1, 0.15) is 19.3 Å². The van der Waals surface area contributed by atoms with Gasteiger partial charge in [0.05, 0.1) is 26.4 Å². The number of carbonyl (C=O) groups is 4. The summed E-state index contributed by atoms with van der Waals surface area (Å²) in [6.07, 6.45) is 80.7. The Balaban J connectivity index is 5.40. The van der Waals surface area contributed by atoms with E-state index in [1.54, 1.807) is 0 Å². The minimum atomic E-state index is -4.99. The number of aliphatic hydroxyl groups is 1. The molecule has 17 nitrogen and oxygen atoms in total. The topological polar surface area (TPSA) is 237 Å². The molecule has 0 fully saturated rings. The van der Waals surface area contributed by atoms with Gasteiger partial charge in [-0.3, -0.25) is 37.3 Å². The Morgan fingerprint density at radius 2 is 0.510 bits per heavy atom. The normalized spacial score (nSPS) is 14.5. The third-order valence-electron chi connectivity index (χ3n) is 16.7. The lowest BCUT2D eigenvalue weighted by atomic mass is 10.1. The largest absolute Gasteiger partial charge is 0.472 e. The Morgan fingerprint density at radius 3 is 0.814 bits per heavy atom. The monoisotopic (exact) mass is 1470 g/mol. The van der Waals surface area contributed by atoms with Gasteiger partial charge < -0.3 is 33.8 Å². The molecule has 0 radical (unpaired) electrons. The number of carbonyl (C=O) groups excluding carboxylic acids is 4. The van der Waals surface area contributed by atoms with E-state index < -0.39 is 97.5 Å². The summed E-state index contributed by atoms with van der Waals surface area (Å²) in [6, 6.07) is 0. The van der Waals surface area contributed by atoms with Crippen molar-refractivity contribution >= 4 is 39.5 Å². The highest BCUT2D eigenvalue weighted by atomic mass is 31.2. The Kier molecular flexibility index (Phi) is 71.8. The molecule has 588 valence electrons. The van der Waals surface area contributed by atoms with Crippen LogP contribution in [0.1, 0.15) is 336 Å². The summed E-state index contributed by atoms with van der Waals surface area (Å²) in [5, 5.41) is 10.6. The van der Waals surface area contributed by atoms with Crippen LogP contribution in [0.4, 0.5) is 0 Å². The zero-order chi connectivity index (χ0) is 74.6. The Morgan fingerprint density at radius 1 is 0.284 bits per heavy atom. The molecule has 3 N–H and O–H groups in total. The molecule has 19 heteroatoms. The zero-order valence-electron chi connectivity index (χ0n) is 64.3. The van der Waals surface area contributed by atoms with Crippen molar-refractivity contribution in [1.82, 2.24) is 0 Å². The number of allylic oxidation sites excluding steroid dienone is 18. The van der Waals surface area contributed by atoms with Gasteiger partial charge in [0.2, 0.25) is 0 Å². The van der Waals surface area contributed by atoms with Crippen LogP contribution < -0.4 is 0 Å². The molecule has 5 unspecified atom stereocenters. The Labute approximate surface area is 619 Å². The SMILES string of the molecule is CC/C=C\C/C=C\C/C=C\C/C=C\CCCCC(=O)OC(COC(=O)CCCCCCCCC/C=C\C/C=C\C/C=C\CC)COP(=O)(O)OCC(O)COP(=O)(O)OCC(COC(=O)CCCCCCC/C=C\CCCCCCCC)OC(=O)CCCCCCC/C=C\CCCCCCCC. The van der Waals surface area contributed by atoms with E-state index in [4.69, 9.17) is 37.0 Å². The minimum absolute atomic E-state index is 0.0390. The Hall–Kier alpha value is -4.28. The molecule has 0 aliphatic heterocycles. The number of ether oxygens (including phenoxy) is 4. The third kappa shape index (κ3) is 74.0. The van der Waals surface area contributed by atoms with Gasteiger partial charge in [-0.1, -0.05) is 272 Å². The quantitative estimate of drug-likeness (QED) is 0.0169. The average molecular weight is 1480 g/mol. The number of rotatable bonds is 75. The predicted molar refractivity (Wildman–Crippen MR) is 418 cm³/mol. The lowest BCUT2D eigenvalue weighted by molar-refractivity contribution is -0.161. The molecule has 0 aliphatic rings. The van der Waals surface area contributed by atoms with Crippen LogP contribution >= 0.6 is 15.6 Å². The standard InChI is InChI=1S/C83H144O17P2/c1-5-9-13-17-21-25-29-33-37-38-42-44-48-52-56-60-64-68-81(86)94-74-79(100-83(88)70-66-62-58-54-50-46-41-36-32-28-24-20-16-12-8-4)76-98-102(91,92)96-72-77(84)71-95-101(89,90)97-75-78(99-82(87)69-65-61-57-53-49-45-40-35-31-27-23-19-15-11-7-3)73-93-80(85)67-63-59-55-51-47-43-39-34-30-26-22-18-14-10-6-2/h9,12-13,16,21,24-25,28,33-37,39-41,50,54,77-79,84H,5-8,10-11,14-15,17-20,22-23,26-27,29-32,38,42-49,51-53,55-76H2,1-4H3,(H,89,90)(H,91,92)/b13-9-,16-12-,25-21-,28-24-,37-33-,39-34-,40-35-,41-36-,54-50-. The fourth-order valence-corrected chi connectivity index (χ4v) is 12.2. The van der Waals surface area contributed by atoms with Crippen LogP contribution in [0.3, 0.4) is 0 Å². The summed E-state index contributed by atoms with van der Waals surface area (Å²) in [7, 11) is -9.97. The van der Waals surface area contributed by atoms with Gasteiger partial charge in [0.25, 0.3) is 0 Å². The molecule has 5 atom stereocenters. The van der Waals surface area contributed by atoms with Crippen molar-refractivity contribution in [2.24, 2.45) is 0 Å². The van der Waals surface area contributed by atoms with Gasteiger partial charge in [0.15, 0.2) is 12.2 Å². The fourth-order valence-electron chi connectivity index (χ4n) is 10.6. The van der Waals surface area contributed by atoms with E-state index in [1.165, 1.54) is 77.0 Å². The maximum Gasteiger partial charge on any atom is 0.472 e. The van der Waals surface area contributed by atoms with Crippen LogP contribution in [-0.2, 0) is 65.4 Å². The molecule has 0 aromatic heterocycles. The van der Waals surface area contributed by atoms with Crippen molar-refractivity contribution in [2.45, 2.75) is 354 Å². The lowest BCUT2D eigenvalue weighted by Gasteiger charge is -2.21. The number of esters is 4. The molecule has 0 aromatic carbocycles. The highest BCUT2D eigenvalue weighted by molar-refractivity contribution is 7.47. The molecular formula is C83H144O17P2. The average Bonchev–Trinajstić information content (AvgIpc) is 0.919. The second kappa shape index (κ2) is 75.0. The summed E-state index contributed by atoms with van der Waals surface area (Å²) in [5.41, 5.74) is 0. The van der Waals surface area contributed by atoms with E-state index in [2.05, 4.69) is 137 Å². The molecule has 0 bridgehead atoms. The maximum atomic E-state index is 13.1. The second-order valence-corrected chi connectivity index (χ2v) is 29.5. The number of hydrogen-bond acceptors (Lipinski definition) is 15. The maximum absolute atomic E-state index is 13.1. The minimum Gasteiger partial charge on any atom is -0.462 e. The van der Waals surface area contributed by atoms with Crippen molar-refractivity contribution in [1.29, 1.82) is 0 Å². The number of phosphoric acid groups is 2. The molecule has 102 heavy (non-hydrogen) atoms. The smallest absolute Gasteiger partial charge is 0.462 e. The van der Waals surface area contributed by atoms with Gasteiger partial charge in [-0.25, -0.2) is 9.13 Å². The number of hydrogen-bond donors (Lipinski definition) is 3. The van der Waals surface area contributed by atoms with Crippen molar-refractivity contribution in [3.63, 3.8) is 0 Å². The van der Waals surface area contributed by atoms with Gasteiger partial charge in [0, 0.05) is 25.7 Å². The van der Waals surface area contributed by atoms with E-state index >= 15 is 0 Å². The summed E-state index contributed by atoms with van der Waals surface area (Å²) < 4.78 is 68.6. The first-order valence-corrected chi connectivity index (χ1v) is 43.1. The van der Waals surface area contributed by atoms with E-state index in [0.29, 0.717) is 32.1 Å². The summed E-state index contributed by atoms with van der Waals surface area (Å²) >= 11 is 0. The van der Waals surface area contributed by atoms with Crippen LogP contribution in [0.2, 0.25) is 0 Å². The van der Waals surface area contributed by atoms with Crippen LogP contribution in [0.25, 0.3) is 0 Å². The molecule has 0 saturated carbocycles. The fraction of sp³-hybridized carbons (Fsp3) is 0.735. The first kappa shape index (κ1) is 97.7. The molecule has 0 rings (SSSR count). The van der Waals surface area contributed by atoms with Gasteiger partial charge >= 0.3 is 39.5 Å². The van der Waals surface area contributed by atoms with E-state index in [0.717, 1.165) is 173 Å². The second-order valence-electron chi connectivity index (χ2n) is 26.6. The van der Waals surface area contributed by atoms with Crippen LogP contribution in [0.5, 0.6) is 0 Å². The van der Waals surface area contributed by atoms with E-state index in [-0.39, 0.29) is 25.7 Å². The summed E-state index contributed by atoms with van der Waals surface area (Å²) in [5.74, 6) is -2.24. The number of aliphatic hydroxyl groups excluding tert-OH is 1. The summed E-state index contributed by atoms with van der Waals surface area (Å²) in [4.78, 5) is 73.0. The highest BCUT2D eigenvalue weighted by Gasteiger charge is 2.30. The van der Waals surface area contributed by atoms with Crippen molar-refractivity contribution in [3.05, 3.63) is 109 Å². The zero-order valence-corrected chi connectivity index (χ0v) is 66.0. The third-order valence-corrected chi connectivity index (χ3v) is 18.6. The van der Waals surface area contributed by atoms with Crippen molar-refractivity contribution < 1.29 is 80.2 Å². The number of phosphoric ester groups is 2. The van der Waals surface area contributed by atoms with Gasteiger partial charge in [-0.05, 0) is 148 Å². The van der Waals surface area contributed by atoms with Crippen molar-refractivity contribution in [2.75, 3.05) is 39.6 Å². The van der Waals surface area contributed by atoms with E-state index in [1.807, 2.05) is 0 Å². The molecule has 0 spiro atoms. The van der Waals surface area contributed by atoms with Crippen LogP contribution in [0, 0.1) is 0 Å². The molecule has 0 amide bonds. The lowest BCUT2D eigenvalue weighted by Crippen LogP contribution is -2.30. The number of unbranched alkanes of at least 4 members (excludes halogenated alkanes) is 31. The van der Waals surface area contributed by atoms with Crippen LogP contribution in [0.15, 0.2) is 109 Å². The predicted octanol–water partition coefficient (Wildman–Crippen LogP) is 23.3. The highest BCUT2D eigenvalue weighted by Crippen LogP contribution is 2.45. The first-order valence-electron chi connectivity index (χ1n) is 40.1. The first-order chi connectivity index (χ1) is 49.7. The molecule has 0 aromatic rings. The Bertz CT molecular complexity index is 2360. The van der Waals surface area contributed by atoms with E-state index in [9.17, 15) is 43.2 Å².